The van der Waals surface area contributed by atoms with Crippen LogP contribution in [0.3, 0.4) is 0 Å². The Hall–Kier alpha value is -2.04. The molecule has 26 heavy (non-hydrogen) atoms. The number of carbonyl (C=O) groups is 2. The fourth-order valence-electron chi connectivity index (χ4n) is 3.04. The van der Waals surface area contributed by atoms with Crippen LogP contribution < -0.4 is 5.32 Å². The van der Waals surface area contributed by atoms with Gasteiger partial charge in [-0.25, -0.2) is 0 Å². The molecule has 0 radical (unpaired) electrons. The molecule has 0 saturated carbocycles. The summed E-state index contributed by atoms with van der Waals surface area (Å²) in [4.78, 5) is 26.4. The minimum atomic E-state index is -0.345. The van der Waals surface area contributed by atoms with Gasteiger partial charge in [-0.05, 0) is 48.7 Å². The highest BCUT2D eigenvalue weighted by Crippen LogP contribution is 2.23. The summed E-state index contributed by atoms with van der Waals surface area (Å²) in [5.41, 5.74) is 2.68. The molecule has 2 aromatic rings. The molecule has 1 unspecified atom stereocenters. The van der Waals surface area contributed by atoms with Gasteiger partial charge in [0, 0.05) is 35.2 Å². The summed E-state index contributed by atoms with van der Waals surface area (Å²) in [7, 11) is 0. The van der Waals surface area contributed by atoms with Crippen molar-refractivity contribution in [2.24, 2.45) is 5.92 Å². The molecule has 1 atom stereocenters. The lowest BCUT2D eigenvalue weighted by atomic mass is 10.1. The molecule has 136 valence electrons. The van der Waals surface area contributed by atoms with Crippen molar-refractivity contribution >= 4 is 40.7 Å². The summed E-state index contributed by atoms with van der Waals surface area (Å²) in [6, 6.07) is 13.0. The van der Waals surface area contributed by atoms with Crippen molar-refractivity contribution < 1.29 is 9.59 Å². The van der Waals surface area contributed by atoms with E-state index in [9.17, 15) is 9.59 Å². The third-order valence-corrected chi connectivity index (χ3v) is 5.23. The van der Waals surface area contributed by atoms with Crippen molar-refractivity contribution in [1.82, 2.24) is 4.90 Å². The van der Waals surface area contributed by atoms with E-state index in [-0.39, 0.29) is 24.2 Å². The summed E-state index contributed by atoms with van der Waals surface area (Å²) >= 11 is 12.1. The number of amides is 2. The first kappa shape index (κ1) is 18.7. The molecule has 2 amide bonds. The van der Waals surface area contributed by atoms with Gasteiger partial charge in [-0.2, -0.15) is 0 Å². The number of nitrogens with zero attached hydrogens (tertiary/aromatic N) is 1. The van der Waals surface area contributed by atoms with Crippen molar-refractivity contribution in [3.63, 3.8) is 0 Å². The highest BCUT2D eigenvalue weighted by atomic mass is 35.5. The minimum absolute atomic E-state index is 0.00844. The fraction of sp³-hybridized carbons (Fsp3) is 0.300. The zero-order chi connectivity index (χ0) is 18.7. The second-order valence-electron chi connectivity index (χ2n) is 6.57. The lowest BCUT2D eigenvalue weighted by Gasteiger charge is -2.17. The molecule has 1 N–H and O–H groups in total. The van der Waals surface area contributed by atoms with Crippen molar-refractivity contribution in [1.29, 1.82) is 0 Å². The Morgan fingerprint density at radius 1 is 1.23 bits per heavy atom. The monoisotopic (exact) mass is 390 g/mol. The van der Waals surface area contributed by atoms with Crippen LogP contribution in [0.5, 0.6) is 0 Å². The maximum atomic E-state index is 12.5. The predicted molar refractivity (Wildman–Crippen MR) is 105 cm³/mol. The summed E-state index contributed by atoms with van der Waals surface area (Å²) < 4.78 is 0. The third-order valence-electron chi connectivity index (χ3n) is 4.58. The van der Waals surface area contributed by atoms with Gasteiger partial charge in [0.15, 0.2) is 0 Å². The number of rotatable bonds is 5. The summed E-state index contributed by atoms with van der Waals surface area (Å²) in [6.07, 6.45) is 0.954. The topological polar surface area (TPSA) is 49.4 Å². The Bertz CT molecular complexity index is 838. The predicted octanol–water partition coefficient (Wildman–Crippen LogP) is 4.33. The zero-order valence-electron chi connectivity index (χ0n) is 14.5. The number of aryl methyl sites for hydroxylation is 1. The first-order valence-corrected chi connectivity index (χ1v) is 9.27. The first-order chi connectivity index (χ1) is 12.4. The second-order valence-corrected chi connectivity index (χ2v) is 7.42. The number of nitrogens with one attached hydrogen (secondary N) is 1. The Morgan fingerprint density at radius 2 is 2.04 bits per heavy atom. The lowest BCUT2D eigenvalue weighted by molar-refractivity contribution is -0.128. The smallest absolute Gasteiger partial charge is 0.229 e. The second kappa shape index (κ2) is 8.11. The number of likely N-dealkylation sites (tertiary alicyclic amines) is 1. The van der Waals surface area contributed by atoms with E-state index in [1.807, 2.05) is 43.3 Å². The molecule has 2 aromatic carbocycles. The third kappa shape index (κ3) is 4.57. The van der Waals surface area contributed by atoms with Gasteiger partial charge in [0.1, 0.15) is 0 Å². The van der Waals surface area contributed by atoms with Gasteiger partial charge in [-0.3, -0.25) is 9.59 Å². The highest BCUT2D eigenvalue weighted by molar-refractivity contribution is 6.31. The standard InChI is InChI=1S/C20H20Cl2N2O2/c1-13-5-6-17(11-18(13)22)23-20(26)15-10-19(25)24(12-15)8-7-14-3-2-4-16(21)9-14/h2-6,9,11,15H,7-8,10,12H2,1H3,(H,23,26). The van der Waals surface area contributed by atoms with E-state index in [4.69, 9.17) is 23.2 Å². The molecular formula is C20H20Cl2N2O2. The molecule has 1 saturated heterocycles. The molecule has 0 aromatic heterocycles. The molecule has 0 bridgehead atoms. The van der Waals surface area contributed by atoms with Crippen LogP contribution >= 0.6 is 23.2 Å². The SMILES string of the molecule is Cc1ccc(NC(=O)C2CC(=O)N(CCc3cccc(Cl)c3)C2)cc1Cl. The number of hydrogen-bond acceptors (Lipinski definition) is 2. The Kier molecular flexibility index (Phi) is 5.84. The van der Waals surface area contributed by atoms with Crippen LogP contribution in [0.2, 0.25) is 10.0 Å². The molecule has 3 rings (SSSR count). The van der Waals surface area contributed by atoms with Crippen LogP contribution in [0.1, 0.15) is 17.5 Å². The molecule has 1 heterocycles. The number of halogens is 2. The molecule has 1 aliphatic rings. The number of carbonyl (C=O) groups excluding carboxylic acids is 2. The van der Waals surface area contributed by atoms with Crippen molar-refractivity contribution in [2.75, 3.05) is 18.4 Å². The first-order valence-electron chi connectivity index (χ1n) is 8.51. The van der Waals surface area contributed by atoms with Gasteiger partial charge in [-0.1, -0.05) is 41.4 Å². The molecular weight excluding hydrogens is 371 g/mol. The highest BCUT2D eigenvalue weighted by Gasteiger charge is 2.34. The van der Waals surface area contributed by atoms with Crippen LogP contribution in [0.15, 0.2) is 42.5 Å². The molecule has 0 aliphatic carbocycles. The van der Waals surface area contributed by atoms with Crippen molar-refractivity contribution in [3.05, 3.63) is 63.6 Å². The molecule has 0 spiro atoms. The summed E-state index contributed by atoms with van der Waals surface area (Å²) in [5.74, 6) is -0.486. The van der Waals surface area contributed by atoms with Gasteiger partial charge in [0.2, 0.25) is 11.8 Å². The van der Waals surface area contributed by atoms with Crippen molar-refractivity contribution in [3.8, 4) is 0 Å². The van der Waals surface area contributed by atoms with Crippen molar-refractivity contribution in [2.45, 2.75) is 19.8 Å². The largest absolute Gasteiger partial charge is 0.342 e. The molecule has 4 nitrogen and oxygen atoms in total. The van der Waals surface area contributed by atoms with E-state index < -0.39 is 0 Å². The van der Waals surface area contributed by atoms with Gasteiger partial charge < -0.3 is 10.2 Å². The average Bonchev–Trinajstić information content (AvgIpc) is 2.97. The maximum Gasteiger partial charge on any atom is 0.229 e. The maximum absolute atomic E-state index is 12.5. The number of anilines is 1. The number of hydrogen-bond donors (Lipinski definition) is 1. The number of benzene rings is 2. The fourth-order valence-corrected chi connectivity index (χ4v) is 3.43. The Balaban J connectivity index is 1.56. The van der Waals surface area contributed by atoms with E-state index in [0.29, 0.717) is 35.2 Å². The molecule has 1 fully saturated rings. The van der Waals surface area contributed by atoms with Crippen LogP contribution in [0, 0.1) is 12.8 Å². The van der Waals surface area contributed by atoms with Crippen LogP contribution in [-0.4, -0.2) is 29.8 Å². The average molecular weight is 391 g/mol. The van der Waals surface area contributed by atoms with E-state index >= 15 is 0 Å². The summed E-state index contributed by atoms with van der Waals surface area (Å²) in [5, 5.41) is 4.14. The van der Waals surface area contributed by atoms with Crippen LogP contribution in [-0.2, 0) is 16.0 Å². The quantitative estimate of drug-likeness (QED) is 0.825. The Morgan fingerprint density at radius 3 is 2.77 bits per heavy atom. The summed E-state index contributed by atoms with van der Waals surface area (Å²) in [6.45, 7) is 2.92. The zero-order valence-corrected chi connectivity index (χ0v) is 16.0. The Labute approximate surface area is 163 Å². The normalized spacial score (nSPS) is 16.8. The van der Waals surface area contributed by atoms with Gasteiger partial charge >= 0.3 is 0 Å². The van der Waals surface area contributed by atoms with Gasteiger partial charge in [0.05, 0.1) is 5.92 Å². The van der Waals surface area contributed by atoms with E-state index in [1.54, 1.807) is 11.0 Å². The lowest BCUT2D eigenvalue weighted by Crippen LogP contribution is -2.30. The van der Waals surface area contributed by atoms with E-state index in [1.165, 1.54) is 0 Å². The van der Waals surface area contributed by atoms with Gasteiger partial charge in [0.25, 0.3) is 0 Å². The minimum Gasteiger partial charge on any atom is -0.342 e. The molecule has 6 heteroatoms. The van der Waals surface area contributed by atoms with Gasteiger partial charge in [-0.15, -0.1) is 0 Å². The van der Waals surface area contributed by atoms with E-state index in [2.05, 4.69) is 5.32 Å². The van der Waals surface area contributed by atoms with Crippen LogP contribution in [0.4, 0.5) is 5.69 Å². The van der Waals surface area contributed by atoms with Crippen LogP contribution in [0.25, 0.3) is 0 Å². The van der Waals surface area contributed by atoms with E-state index in [0.717, 1.165) is 11.1 Å². The molecule has 1 aliphatic heterocycles.